The number of H-pyrrole nitrogens is 1. The summed E-state index contributed by atoms with van der Waals surface area (Å²) in [5, 5.41) is 2.31. The van der Waals surface area contributed by atoms with Crippen LogP contribution in [0.1, 0.15) is 5.82 Å². The maximum Gasteiger partial charge on any atom is 0.217 e. The average Bonchev–Trinajstić information content (AvgIpc) is 2.76. The van der Waals surface area contributed by atoms with Crippen molar-refractivity contribution >= 4 is 28.1 Å². The summed E-state index contributed by atoms with van der Waals surface area (Å²) >= 11 is 0. The van der Waals surface area contributed by atoms with Gasteiger partial charge in [-0.2, -0.15) is 0 Å². The Bertz CT molecular complexity index is 665. The molecule has 0 amide bonds. The minimum atomic E-state index is -0.625. The summed E-state index contributed by atoms with van der Waals surface area (Å²) in [4.78, 5) is 18.0. The molecule has 0 saturated heterocycles. The lowest BCUT2D eigenvalue weighted by atomic mass is 10.1. The Hall–Kier alpha value is -2.20. The first-order valence-corrected chi connectivity index (χ1v) is 5.77. The van der Waals surface area contributed by atoms with Crippen LogP contribution in [0.3, 0.4) is 0 Å². The average molecular weight is 238 g/mol. The number of hydrogen-bond donors (Lipinski definition) is 2. The first kappa shape index (κ1) is 10.9. The molecule has 0 spiro atoms. The van der Waals surface area contributed by atoms with Crippen LogP contribution >= 0.6 is 0 Å². The molecule has 89 valence electrons. The zero-order chi connectivity index (χ0) is 12.5. The van der Waals surface area contributed by atoms with Crippen molar-refractivity contribution in [1.29, 1.82) is 0 Å². The van der Waals surface area contributed by atoms with Gasteiger partial charge in [-0.15, -0.1) is 0 Å². The molecule has 0 saturated carbocycles. The quantitative estimate of drug-likeness (QED) is 0.729. The van der Waals surface area contributed by atoms with E-state index in [1.807, 2.05) is 24.3 Å². The fourth-order valence-corrected chi connectivity index (χ4v) is 2.10. The lowest BCUT2D eigenvalue weighted by Crippen LogP contribution is -2.24. The molecule has 4 nitrogen and oxygen atoms in total. The van der Waals surface area contributed by atoms with Crippen molar-refractivity contribution < 1.29 is 4.79 Å². The maximum absolute atomic E-state index is 10.4. The largest absolute Gasteiger partial charge is 0.342 e. The molecule has 1 atom stereocenters. The number of benzene rings is 2. The van der Waals surface area contributed by atoms with Crippen LogP contribution in [0.25, 0.3) is 21.8 Å². The number of nitrogens with zero attached hydrogens (tertiary/aromatic N) is 1. The van der Waals surface area contributed by atoms with Crippen LogP contribution in [0.4, 0.5) is 0 Å². The predicted octanol–water partition coefficient (Wildman–Crippen LogP) is 1.70. The minimum Gasteiger partial charge on any atom is -0.342 e. The van der Waals surface area contributed by atoms with E-state index in [1.165, 1.54) is 0 Å². The smallest absolute Gasteiger partial charge is 0.217 e. The van der Waals surface area contributed by atoms with Gasteiger partial charge in [-0.1, -0.05) is 24.3 Å². The van der Waals surface area contributed by atoms with Crippen LogP contribution in [0.2, 0.25) is 0 Å². The van der Waals surface area contributed by atoms with E-state index < -0.39 is 6.04 Å². The van der Waals surface area contributed by atoms with Crippen molar-refractivity contribution in [3.63, 3.8) is 0 Å². The van der Waals surface area contributed by atoms with E-state index in [9.17, 15) is 4.79 Å². The van der Waals surface area contributed by atoms with Gasteiger partial charge < -0.3 is 10.7 Å². The van der Waals surface area contributed by atoms with Crippen LogP contribution in [0.15, 0.2) is 36.4 Å². The molecule has 3 rings (SSSR count). The predicted molar refractivity (Wildman–Crippen MR) is 71.0 cm³/mol. The summed E-state index contributed by atoms with van der Waals surface area (Å²) in [5.41, 5.74) is 7.39. The fourth-order valence-electron chi connectivity index (χ4n) is 2.10. The Labute approximate surface area is 104 Å². The van der Waals surface area contributed by atoms with Crippen molar-refractivity contribution in [2.75, 3.05) is 0 Å². The number of nitrogens with two attached hydrogens (primary N) is 1. The second-order valence-electron chi connectivity index (χ2n) is 4.33. The van der Waals surface area contributed by atoms with Crippen molar-refractivity contribution in [2.45, 2.75) is 12.5 Å². The number of aromatic amines is 1. The summed E-state index contributed by atoms with van der Waals surface area (Å²) in [6.45, 7) is 0. The Morgan fingerprint density at radius 1 is 1.28 bits per heavy atom. The van der Waals surface area contributed by atoms with Gasteiger partial charge in [-0.05, 0) is 22.9 Å². The number of fused-ring (bicyclic) bond motifs is 2. The van der Waals surface area contributed by atoms with Gasteiger partial charge in [-0.3, -0.25) is 4.79 Å². The molecule has 0 fully saturated rings. The van der Waals surface area contributed by atoms with Crippen LogP contribution in [0.5, 0.6) is 0 Å². The number of hydrogen-bond acceptors (Lipinski definition) is 3. The Morgan fingerprint density at radius 2 is 2.00 bits per heavy atom. The third-order valence-electron chi connectivity index (χ3n) is 2.96. The lowest BCUT2D eigenvalue weighted by molar-refractivity contribution is 0.539. The molecule has 0 unspecified atom stereocenters. The van der Waals surface area contributed by atoms with Crippen LogP contribution in [0, 0.1) is 0 Å². The summed E-state index contributed by atoms with van der Waals surface area (Å²) in [6.07, 6.45) is 2.14. The van der Waals surface area contributed by atoms with E-state index >= 15 is 0 Å². The van der Waals surface area contributed by atoms with Crippen molar-refractivity contribution in [2.24, 2.45) is 5.73 Å². The molecule has 4 heteroatoms. The Morgan fingerprint density at radius 3 is 2.72 bits per heavy atom. The van der Waals surface area contributed by atoms with Gasteiger partial charge in [0.05, 0.1) is 17.1 Å². The zero-order valence-corrected chi connectivity index (χ0v) is 9.68. The van der Waals surface area contributed by atoms with E-state index in [0.29, 0.717) is 6.42 Å². The van der Waals surface area contributed by atoms with Gasteiger partial charge in [-0.25, -0.2) is 4.98 Å². The monoisotopic (exact) mass is 238 g/mol. The summed E-state index contributed by atoms with van der Waals surface area (Å²) in [5.74, 6) is 0.719. The van der Waals surface area contributed by atoms with Crippen molar-refractivity contribution in [3.05, 3.63) is 42.2 Å². The highest BCUT2D eigenvalue weighted by Crippen LogP contribution is 2.21. The molecule has 0 aliphatic heterocycles. The second kappa shape index (κ2) is 4.23. The van der Waals surface area contributed by atoms with Crippen molar-refractivity contribution in [1.82, 2.24) is 9.97 Å². The standard InChI is InChI=1S/C14H12N3O/c15-11(8-18)7-14-16-12-5-9-3-1-2-4-10(9)6-13(12)17-14/h1-6,11H,7,15H2,(H,16,17)/t11-/m1/s1. The highest BCUT2D eigenvalue weighted by Gasteiger charge is 2.08. The van der Waals surface area contributed by atoms with Gasteiger partial charge in [0.15, 0.2) is 0 Å². The van der Waals surface area contributed by atoms with Crippen LogP contribution in [-0.4, -0.2) is 22.3 Å². The molecular formula is C14H12N3O. The topological polar surface area (TPSA) is 71.8 Å². The van der Waals surface area contributed by atoms with Crippen LogP contribution < -0.4 is 5.73 Å². The molecule has 1 radical (unpaired) electrons. The lowest BCUT2D eigenvalue weighted by Gasteiger charge is -1.97. The second-order valence-corrected chi connectivity index (χ2v) is 4.33. The van der Waals surface area contributed by atoms with Gasteiger partial charge in [0.2, 0.25) is 6.29 Å². The van der Waals surface area contributed by atoms with E-state index in [4.69, 9.17) is 5.73 Å². The van der Waals surface area contributed by atoms with E-state index in [0.717, 1.165) is 27.6 Å². The number of rotatable bonds is 3. The first-order chi connectivity index (χ1) is 8.76. The molecule has 2 aromatic carbocycles. The number of imidazole rings is 1. The van der Waals surface area contributed by atoms with Gasteiger partial charge in [0.25, 0.3) is 0 Å². The Kier molecular flexibility index (Phi) is 2.57. The van der Waals surface area contributed by atoms with Crippen molar-refractivity contribution in [3.8, 4) is 0 Å². The molecular weight excluding hydrogens is 226 g/mol. The summed E-state index contributed by atoms with van der Waals surface area (Å²) < 4.78 is 0. The summed E-state index contributed by atoms with van der Waals surface area (Å²) in [6, 6.07) is 11.6. The zero-order valence-electron chi connectivity index (χ0n) is 9.68. The molecule has 0 aliphatic rings. The minimum absolute atomic E-state index is 0.383. The number of carbonyl (C=O) groups excluding carboxylic acids is 1. The van der Waals surface area contributed by atoms with Gasteiger partial charge in [0, 0.05) is 6.42 Å². The fraction of sp³-hybridized carbons (Fsp3) is 0.143. The molecule has 0 aliphatic carbocycles. The highest BCUT2D eigenvalue weighted by atomic mass is 16.1. The molecule has 1 heterocycles. The van der Waals surface area contributed by atoms with E-state index in [1.54, 1.807) is 6.29 Å². The highest BCUT2D eigenvalue weighted by molar-refractivity contribution is 5.95. The molecule has 3 N–H and O–H groups in total. The SMILES string of the molecule is N[C@@H]([C]=O)Cc1nc2cc3ccccc3cc2[nH]1. The third-order valence-corrected chi connectivity index (χ3v) is 2.96. The normalized spacial score (nSPS) is 12.9. The summed E-state index contributed by atoms with van der Waals surface area (Å²) in [7, 11) is 0. The van der Waals surface area contributed by atoms with E-state index in [-0.39, 0.29) is 0 Å². The number of aromatic nitrogens is 2. The maximum atomic E-state index is 10.4. The Balaban J connectivity index is 2.10. The third kappa shape index (κ3) is 1.87. The van der Waals surface area contributed by atoms with E-state index in [2.05, 4.69) is 22.1 Å². The van der Waals surface area contributed by atoms with Gasteiger partial charge in [0.1, 0.15) is 5.82 Å². The number of nitrogens with one attached hydrogen (secondary N) is 1. The molecule has 0 bridgehead atoms. The molecule has 18 heavy (non-hydrogen) atoms. The van der Waals surface area contributed by atoms with Crippen LogP contribution in [-0.2, 0) is 11.2 Å². The van der Waals surface area contributed by atoms with Gasteiger partial charge >= 0.3 is 0 Å². The molecule has 3 aromatic rings. The first-order valence-electron chi connectivity index (χ1n) is 5.77. The molecule has 1 aromatic heterocycles.